The van der Waals surface area contributed by atoms with E-state index < -0.39 is 108 Å². The van der Waals surface area contributed by atoms with Crippen LogP contribution in [0.5, 0.6) is 0 Å². The first kappa shape index (κ1) is 60.8. The molecular weight excluding hydrogens is 959 g/mol. The van der Waals surface area contributed by atoms with Gasteiger partial charge in [-0.25, -0.2) is 9.48 Å². The summed E-state index contributed by atoms with van der Waals surface area (Å²) >= 11 is 0. The van der Waals surface area contributed by atoms with E-state index in [0.29, 0.717) is 25.8 Å². The number of hydrogen-bond acceptors (Lipinski definition) is 17. The average molecular weight is 1050 g/mol. The maximum atomic E-state index is 14.5. The lowest BCUT2D eigenvalue weighted by Crippen LogP contribution is -2.62. The van der Waals surface area contributed by atoms with Crippen LogP contribution in [0.15, 0.2) is 42.7 Å². The quantitative estimate of drug-likeness (QED) is 0.108. The van der Waals surface area contributed by atoms with Crippen molar-refractivity contribution in [2.24, 2.45) is 23.7 Å². The van der Waals surface area contributed by atoms with Crippen LogP contribution in [0.2, 0.25) is 0 Å². The highest BCUT2D eigenvalue weighted by Crippen LogP contribution is 2.42. The molecule has 0 bridgehead atoms. The summed E-state index contributed by atoms with van der Waals surface area (Å²) in [6.07, 6.45) is -5.40. The molecule has 2 aromatic rings. The monoisotopic (exact) mass is 1050 g/mol. The fourth-order valence-corrected chi connectivity index (χ4v) is 11.1. The molecule has 5 N–H and O–H groups in total. The number of ether oxygens (including phenoxy) is 8. The first-order valence-corrected chi connectivity index (χ1v) is 26.3. The number of carbonyl (C=O) groups excluding carboxylic acids is 4. The summed E-state index contributed by atoms with van der Waals surface area (Å²) in [5.41, 5.74) is -2.84. The van der Waals surface area contributed by atoms with Crippen molar-refractivity contribution < 1.29 is 72.4 Å². The third-order valence-electron chi connectivity index (χ3n) is 15.7. The Morgan fingerprint density at radius 3 is 2.15 bits per heavy atom. The maximum Gasteiger partial charge on any atom is 0.407 e. The smallest absolute Gasteiger partial charge is 0.407 e. The number of cyclic esters (lactones) is 1. The van der Waals surface area contributed by atoms with Crippen molar-refractivity contribution >= 4 is 23.8 Å². The normalized spacial score (nSPS) is 37.7. The average Bonchev–Trinajstić information content (AvgIpc) is 3.90. The minimum absolute atomic E-state index is 0.0321. The van der Waals surface area contributed by atoms with E-state index in [1.165, 1.54) is 21.1 Å². The largest absolute Gasteiger partial charge is 0.459 e. The van der Waals surface area contributed by atoms with E-state index in [1.807, 2.05) is 69.4 Å². The number of ketones is 1. The lowest BCUT2D eigenvalue weighted by molar-refractivity contribution is -0.319. The molecule has 3 aliphatic rings. The number of esters is 1. The summed E-state index contributed by atoms with van der Waals surface area (Å²) in [6.45, 7) is 17.7. The molecule has 1 aromatic heterocycles. The number of amides is 2. The van der Waals surface area contributed by atoms with Crippen molar-refractivity contribution in [1.29, 1.82) is 0 Å². The molecule has 3 aliphatic heterocycles. The molecule has 1 unspecified atom stereocenters. The van der Waals surface area contributed by atoms with Crippen molar-refractivity contribution in [2.45, 2.75) is 198 Å². The standard InChI is InChI=1S/C54H87N5O15/c1-15-40-54(10,66)46(63)33(4)43(61)31(2)29-52(8,67-13)47(73-50-44(62)39(58(11)12)27-32(3)69-50)34(5)45(35(6)49(64)71-40)72-42-30-53(9,68-14)48(36(7)70-42)74-51(65)56-24-19-18-23-55-41(60)28-37-21-16-17-22-38(37)59-26-20-25-57-59/h16-17,20-22,25-26,31-36,39-40,42,44-48,50,62-63,66H,15,18-19,23-24,27-30H2,1-14H3,(H,55,60)(H,56,65)/t31-,32-,33-,34-,35-,36+,39+,40+,42+,44-,45+,46+,47?,48+,50+,52-,53-,54-/m1/s1. The molecule has 1 aromatic carbocycles. The number of aliphatic hydroxyl groups is 3. The Balaban J connectivity index is 1.33. The molecule has 18 atom stereocenters. The number of carbonyl (C=O) groups is 4. The van der Waals surface area contributed by atoms with Gasteiger partial charge < -0.3 is 68.7 Å². The first-order valence-electron chi connectivity index (χ1n) is 26.3. The predicted molar refractivity (Wildman–Crippen MR) is 273 cm³/mol. The van der Waals surface area contributed by atoms with E-state index in [4.69, 9.17) is 37.9 Å². The van der Waals surface area contributed by atoms with E-state index in [-0.39, 0.29) is 56.1 Å². The fourth-order valence-electron chi connectivity index (χ4n) is 11.1. The molecule has 4 heterocycles. The summed E-state index contributed by atoms with van der Waals surface area (Å²) < 4.78 is 52.8. The SMILES string of the molecule is CC[C@@H]1OC(=O)[C@H](C)[C@@H](O[C@H]2C[C@@](C)(OC)[C@@H](OC(=O)NCCCCNC(=O)Cc3ccccc3-n3cccn3)[C@H](C)O2)[C@@H](C)C(O[C@@H]2O[C@H](C)C[C@H](N(C)C)[C@H]2O)[C@](C)(OC)C[C@@H](C)C(=O)[C@@H](C)[C@H](O)[C@]1(C)O. The van der Waals surface area contributed by atoms with Crippen molar-refractivity contribution in [3.05, 3.63) is 48.3 Å². The van der Waals surface area contributed by atoms with Gasteiger partial charge in [-0.05, 0) is 105 Å². The zero-order chi connectivity index (χ0) is 54.9. The van der Waals surface area contributed by atoms with Gasteiger partial charge in [0.15, 0.2) is 18.7 Å². The lowest BCUT2D eigenvalue weighted by Gasteiger charge is -2.50. The highest BCUT2D eigenvalue weighted by atomic mass is 16.7. The van der Waals surface area contributed by atoms with Crippen molar-refractivity contribution in [2.75, 3.05) is 41.4 Å². The van der Waals surface area contributed by atoms with Crippen LogP contribution in [0.25, 0.3) is 5.69 Å². The van der Waals surface area contributed by atoms with Crippen LogP contribution >= 0.6 is 0 Å². The molecule has 5 rings (SSSR count). The Kier molecular flexibility index (Phi) is 21.6. The zero-order valence-electron chi connectivity index (χ0n) is 46.1. The molecule has 20 heteroatoms. The molecule has 20 nitrogen and oxygen atoms in total. The topological polar surface area (TPSA) is 248 Å². The number of likely N-dealkylation sites (N-methyl/N-ethyl adjacent to an activating group) is 1. The number of para-hydroxylation sites is 1. The van der Waals surface area contributed by atoms with Crippen LogP contribution in [-0.4, -0.2) is 179 Å². The number of nitrogens with zero attached hydrogens (tertiary/aromatic N) is 3. The van der Waals surface area contributed by atoms with Gasteiger partial charge >= 0.3 is 12.1 Å². The zero-order valence-corrected chi connectivity index (χ0v) is 46.1. The second-order valence-corrected chi connectivity index (χ2v) is 21.8. The van der Waals surface area contributed by atoms with Gasteiger partial charge in [0.2, 0.25) is 5.91 Å². The minimum Gasteiger partial charge on any atom is -0.459 e. The first-order chi connectivity index (χ1) is 34.8. The Hall–Kier alpha value is -4.09. The number of hydrogen-bond donors (Lipinski definition) is 5. The van der Waals surface area contributed by atoms with E-state index in [1.54, 1.807) is 59.3 Å². The summed E-state index contributed by atoms with van der Waals surface area (Å²) in [6, 6.07) is 9.08. The van der Waals surface area contributed by atoms with Crippen molar-refractivity contribution in [3.8, 4) is 5.69 Å². The minimum atomic E-state index is -2.02. The van der Waals surface area contributed by atoms with Crippen LogP contribution in [0.1, 0.15) is 113 Å². The Morgan fingerprint density at radius 1 is 0.878 bits per heavy atom. The van der Waals surface area contributed by atoms with Crippen molar-refractivity contribution in [1.82, 2.24) is 25.3 Å². The van der Waals surface area contributed by atoms with E-state index in [0.717, 1.165) is 11.3 Å². The van der Waals surface area contributed by atoms with Gasteiger partial charge in [0.05, 0.1) is 54.1 Å². The maximum absolute atomic E-state index is 14.5. The van der Waals surface area contributed by atoms with Crippen LogP contribution in [0.3, 0.4) is 0 Å². The predicted octanol–water partition coefficient (Wildman–Crippen LogP) is 4.50. The number of rotatable bonds is 17. The number of alkyl carbamates (subject to hydrolysis) is 1. The second kappa shape index (κ2) is 26.3. The van der Waals surface area contributed by atoms with E-state index >= 15 is 0 Å². The molecule has 74 heavy (non-hydrogen) atoms. The van der Waals surface area contributed by atoms with Gasteiger partial charge in [0.1, 0.15) is 29.2 Å². The number of methoxy groups -OCH3 is 2. The second-order valence-electron chi connectivity index (χ2n) is 21.8. The molecule has 418 valence electrons. The lowest BCUT2D eigenvalue weighted by atomic mass is 9.74. The molecule has 0 spiro atoms. The van der Waals surface area contributed by atoms with Crippen LogP contribution in [0, 0.1) is 23.7 Å². The number of unbranched alkanes of at least 4 members (excludes halogenated alkanes) is 1. The van der Waals surface area contributed by atoms with Gasteiger partial charge in [-0.2, -0.15) is 5.10 Å². The third kappa shape index (κ3) is 14.5. The summed E-state index contributed by atoms with van der Waals surface area (Å²) in [5.74, 6) is -4.93. The Bertz CT molecular complexity index is 2130. The van der Waals surface area contributed by atoms with Gasteiger partial charge in [-0.3, -0.25) is 14.4 Å². The highest BCUT2D eigenvalue weighted by molar-refractivity contribution is 5.83. The summed E-state index contributed by atoms with van der Waals surface area (Å²) in [5, 5.41) is 45.3. The van der Waals surface area contributed by atoms with Crippen molar-refractivity contribution in [3.63, 3.8) is 0 Å². The van der Waals surface area contributed by atoms with Gasteiger partial charge in [-0.15, -0.1) is 0 Å². The van der Waals surface area contributed by atoms with E-state index in [2.05, 4.69) is 15.7 Å². The number of nitrogens with one attached hydrogen (secondary N) is 2. The van der Waals surface area contributed by atoms with Crippen LogP contribution in [-0.2, 0) is 58.7 Å². The summed E-state index contributed by atoms with van der Waals surface area (Å²) in [4.78, 5) is 56.8. The fraction of sp³-hybridized carbons (Fsp3) is 0.759. The highest BCUT2D eigenvalue weighted by Gasteiger charge is 2.55. The molecule has 3 saturated heterocycles. The third-order valence-corrected chi connectivity index (χ3v) is 15.7. The van der Waals surface area contributed by atoms with Crippen LogP contribution < -0.4 is 10.6 Å². The molecular formula is C54H87N5O15. The van der Waals surface area contributed by atoms with Gasteiger partial charge in [0.25, 0.3) is 0 Å². The molecule has 2 amide bonds. The molecule has 0 aliphatic carbocycles. The Labute approximate surface area is 437 Å². The van der Waals surface area contributed by atoms with E-state index in [9.17, 15) is 34.5 Å². The summed E-state index contributed by atoms with van der Waals surface area (Å²) in [7, 11) is 6.73. The number of aliphatic hydroxyl groups excluding tert-OH is 2. The van der Waals surface area contributed by atoms with Gasteiger partial charge in [0, 0.05) is 69.9 Å². The molecule has 0 saturated carbocycles. The molecule has 0 radical (unpaired) electrons. The van der Waals surface area contributed by atoms with Gasteiger partial charge in [-0.1, -0.05) is 45.9 Å². The van der Waals surface area contributed by atoms with Crippen LogP contribution in [0.4, 0.5) is 4.79 Å². The number of aromatic nitrogens is 2. The number of benzene rings is 1. The Morgan fingerprint density at radius 2 is 1.53 bits per heavy atom. The molecule has 3 fully saturated rings. The number of Topliss-reactive ketones (excluding diaryl/α,β-unsaturated/α-hetero) is 1.